The minimum atomic E-state index is -4.48. The third-order valence-electron chi connectivity index (χ3n) is 3.95. The molecule has 29 heavy (non-hydrogen) atoms. The summed E-state index contributed by atoms with van der Waals surface area (Å²) in [6.45, 7) is 4.29. The molecule has 0 atom stereocenters. The number of ether oxygens (including phenoxy) is 2. The summed E-state index contributed by atoms with van der Waals surface area (Å²) in [5.41, 5.74) is 0.240. The average molecular weight is 412 g/mol. The van der Waals surface area contributed by atoms with Crippen molar-refractivity contribution in [1.29, 1.82) is 0 Å². The van der Waals surface area contributed by atoms with Crippen LogP contribution in [0.3, 0.4) is 0 Å². The molecule has 0 saturated carbocycles. The number of carbonyl (C=O) groups excluding carboxylic acids is 3. The van der Waals surface area contributed by atoms with Crippen LogP contribution in [-0.2, 0) is 20.4 Å². The lowest BCUT2D eigenvalue weighted by molar-refractivity contribution is -0.137. The molecule has 2 N–H and O–H groups in total. The van der Waals surface area contributed by atoms with Crippen molar-refractivity contribution < 1.29 is 37.0 Å². The monoisotopic (exact) mass is 412 g/mol. The molecule has 156 valence electrons. The van der Waals surface area contributed by atoms with Crippen LogP contribution in [0.15, 0.2) is 24.3 Å². The number of esters is 2. The number of halogens is 3. The second kappa shape index (κ2) is 8.80. The SMILES string of the molecule is CCOC(=O)c1c(C)[nH]c(C(=O)OCC(=O)Nc2ccc(C(F)(F)F)cc2)c1C. The summed E-state index contributed by atoms with van der Waals surface area (Å²) in [6.07, 6.45) is -4.48. The molecule has 0 fully saturated rings. The van der Waals surface area contributed by atoms with Crippen LogP contribution in [0.1, 0.15) is 44.6 Å². The van der Waals surface area contributed by atoms with Gasteiger partial charge in [0, 0.05) is 11.4 Å². The number of alkyl halides is 3. The minimum absolute atomic E-state index is 0.00730. The highest BCUT2D eigenvalue weighted by atomic mass is 19.4. The number of aromatic amines is 1. The molecule has 0 aliphatic rings. The molecule has 1 heterocycles. The fourth-order valence-electron chi connectivity index (χ4n) is 2.61. The Bertz CT molecular complexity index is 917. The maximum Gasteiger partial charge on any atom is 0.416 e. The largest absolute Gasteiger partial charge is 0.462 e. The maximum atomic E-state index is 12.5. The first kappa shape index (κ1) is 22.0. The highest BCUT2D eigenvalue weighted by molar-refractivity contribution is 5.99. The summed E-state index contributed by atoms with van der Waals surface area (Å²) >= 11 is 0. The molecule has 0 spiro atoms. The zero-order chi connectivity index (χ0) is 21.8. The van der Waals surface area contributed by atoms with Crippen molar-refractivity contribution in [3.05, 3.63) is 52.3 Å². The van der Waals surface area contributed by atoms with E-state index in [2.05, 4.69) is 10.3 Å². The van der Waals surface area contributed by atoms with Gasteiger partial charge in [-0.1, -0.05) is 0 Å². The van der Waals surface area contributed by atoms with Crippen molar-refractivity contribution in [2.75, 3.05) is 18.5 Å². The molecule has 0 bridgehead atoms. The predicted molar refractivity (Wildman–Crippen MR) is 96.6 cm³/mol. The molecule has 0 radical (unpaired) electrons. The molecule has 2 rings (SSSR count). The van der Waals surface area contributed by atoms with Gasteiger partial charge in [0.1, 0.15) is 5.69 Å². The Morgan fingerprint density at radius 3 is 2.21 bits per heavy atom. The average Bonchev–Trinajstić information content (AvgIpc) is 2.94. The Morgan fingerprint density at radius 2 is 1.66 bits per heavy atom. The standard InChI is InChI=1S/C19H19F3N2O5/c1-4-28-17(26)15-10(2)16(23-11(15)3)18(27)29-9-14(25)24-13-7-5-12(6-8-13)19(20,21)22/h5-8,23H,4,9H2,1-3H3,(H,24,25). The molecule has 0 saturated heterocycles. The maximum absolute atomic E-state index is 12.5. The smallest absolute Gasteiger partial charge is 0.416 e. The zero-order valence-electron chi connectivity index (χ0n) is 15.9. The number of hydrogen-bond donors (Lipinski definition) is 2. The van der Waals surface area contributed by atoms with Crippen LogP contribution < -0.4 is 5.32 Å². The van der Waals surface area contributed by atoms with Gasteiger partial charge >= 0.3 is 18.1 Å². The van der Waals surface area contributed by atoms with E-state index in [0.29, 0.717) is 11.3 Å². The van der Waals surface area contributed by atoms with Gasteiger partial charge in [-0.05, 0) is 50.6 Å². The number of nitrogens with one attached hydrogen (secondary N) is 2. The molecule has 2 aromatic rings. The Labute approximate surface area is 164 Å². The lowest BCUT2D eigenvalue weighted by Gasteiger charge is -2.09. The molecule has 1 aromatic heterocycles. The summed E-state index contributed by atoms with van der Waals surface area (Å²) in [7, 11) is 0. The lowest BCUT2D eigenvalue weighted by Crippen LogP contribution is -2.21. The van der Waals surface area contributed by atoms with Gasteiger partial charge in [0.15, 0.2) is 6.61 Å². The van der Waals surface area contributed by atoms with E-state index >= 15 is 0 Å². The summed E-state index contributed by atoms with van der Waals surface area (Å²) in [5.74, 6) is -2.17. The second-order valence-corrected chi connectivity index (χ2v) is 6.04. The fourth-order valence-corrected chi connectivity index (χ4v) is 2.61. The van der Waals surface area contributed by atoms with E-state index in [4.69, 9.17) is 9.47 Å². The quantitative estimate of drug-likeness (QED) is 0.707. The third kappa shape index (κ3) is 5.37. The van der Waals surface area contributed by atoms with E-state index in [1.807, 2.05) is 0 Å². The van der Waals surface area contributed by atoms with Crippen LogP contribution >= 0.6 is 0 Å². The summed E-state index contributed by atoms with van der Waals surface area (Å²) in [6, 6.07) is 3.83. The highest BCUT2D eigenvalue weighted by Crippen LogP contribution is 2.29. The number of hydrogen-bond acceptors (Lipinski definition) is 5. The van der Waals surface area contributed by atoms with Gasteiger partial charge in [-0.3, -0.25) is 4.79 Å². The van der Waals surface area contributed by atoms with Gasteiger partial charge in [-0.2, -0.15) is 13.2 Å². The fraction of sp³-hybridized carbons (Fsp3) is 0.316. The number of anilines is 1. The summed E-state index contributed by atoms with van der Waals surface area (Å²) in [5, 5.41) is 2.33. The van der Waals surface area contributed by atoms with E-state index < -0.39 is 36.2 Å². The molecular formula is C19H19F3N2O5. The van der Waals surface area contributed by atoms with E-state index in [1.165, 1.54) is 6.92 Å². The Balaban J connectivity index is 1.98. The number of aromatic nitrogens is 1. The van der Waals surface area contributed by atoms with Crippen LogP contribution in [0.4, 0.5) is 18.9 Å². The van der Waals surface area contributed by atoms with Crippen LogP contribution in [0.2, 0.25) is 0 Å². The summed E-state index contributed by atoms with van der Waals surface area (Å²) in [4.78, 5) is 38.8. The van der Waals surface area contributed by atoms with Crippen molar-refractivity contribution in [2.24, 2.45) is 0 Å². The Kier molecular flexibility index (Phi) is 6.68. The van der Waals surface area contributed by atoms with Crippen LogP contribution in [0, 0.1) is 13.8 Å². The van der Waals surface area contributed by atoms with E-state index in [1.54, 1.807) is 13.8 Å². The Morgan fingerprint density at radius 1 is 1.03 bits per heavy atom. The topological polar surface area (TPSA) is 97.5 Å². The first-order valence-corrected chi connectivity index (χ1v) is 8.55. The van der Waals surface area contributed by atoms with Gasteiger partial charge in [0.2, 0.25) is 0 Å². The number of carbonyl (C=O) groups is 3. The van der Waals surface area contributed by atoms with Gasteiger partial charge in [0.25, 0.3) is 5.91 Å². The van der Waals surface area contributed by atoms with E-state index in [9.17, 15) is 27.6 Å². The number of H-pyrrole nitrogens is 1. The molecule has 0 aliphatic carbocycles. The van der Waals surface area contributed by atoms with Gasteiger partial charge in [-0.15, -0.1) is 0 Å². The van der Waals surface area contributed by atoms with Gasteiger partial charge in [-0.25, -0.2) is 9.59 Å². The van der Waals surface area contributed by atoms with Crippen LogP contribution in [0.5, 0.6) is 0 Å². The van der Waals surface area contributed by atoms with Gasteiger partial charge in [0.05, 0.1) is 17.7 Å². The zero-order valence-corrected chi connectivity index (χ0v) is 15.9. The molecule has 7 nitrogen and oxygen atoms in total. The van der Waals surface area contributed by atoms with Crippen molar-refractivity contribution >= 4 is 23.5 Å². The number of benzene rings is 1. The predicted octanol–water partition coefficient (Wildman–Crippen LogP) is 3.62. The highest BCUT2D eigenvalue weighted by Gasteiger charge is 2.30. The van der Waals surface area contributed by atoms with Crippen molar-refractivity contribution in [3.63, 3.8) is 0 Å². The second-order valence-electron chi connectivity index (χ2n) is 6.04. The molecule has 10 heteroatoms. The van der Waals surface area contributed by atoms with E-state index in [-0.39, 0.29) is 23.6 Å². The molecule has 0 aliphatic heterocycles. The Hall–Kier alpha value is -3.30. The third-order valence-corrected chi connectivity index (χ3v) is 3.95. The number of aryl methyl sites for hydroxylation is 1. The number of rotatable bonds is 6. The van der Waals surface area contributed by atoms with Crippen molar-refractivity contribution in [3.8, 4) is 0 Å². The van der Waals surface area contributed by atoms with Crippen LogP contribution in [-0.4, -0.2) is 36.0 Å². The first-order valence-electron chi connectivity index (χ1n) is 8.55. The first-order chi connectivity index (χ1) is 13.5. The van der Waals surface area contributed by atoms with Crippen molar-refractivity contribution in [2.45, 2.75) is 26.9 Å². The van der Waals surface area contributed by atoms with Crippen molar-refractivity contribution in [1.82, 2.24) is 4.98 Å². The minimum Gasteiger partial charge on any atom is -0.462 e. The van der Waals surface area contributed by atoms with Gasteiger partial charge < -0.3 is 19.8 Å². The molecular weight excluding hydrogens is 393 g/mol. The van der Waals surface area contributed by atoms with Crippen LogP contribution in [0.25, 0.3) is 0 Å². The summed E-state index contributed by atoms with van der Waals surface area (Å²) < 4.78 is 47.4. The normalized spacial score (nSPS) is 11.1. The lowest BCUT2D eigenvalue weighted by atomic mass is 10.1. The van der Waals surface area contributed by atoms with E-state index in [0.717, 1.165) is 24.3 Å². The number of amides is 1. The molecule has 1 amide bonds. The molecule has 1 aromatic carbocycles. The molecule has 0 unspecified atom stereocenters.